The van der Waals surface area contributed by atoms with E-state index in [1.807, 2.05) is 44.2 Å². The quantitative estimate of drug-likeness (QED) is 0.804. The molecule has 0 unspecified atom stereocenters. The summed E-state index contributed by atoms with van der Waals surface area (Å²) in [4.78, 5) is 7.81. The van der Waals surface area contributed by atoms with Gasteiger partial charge in [-0.3, -0.25) is 0 Å². The molecule has 5 heteroatoms. The molecule has 1 aliphatic heterocycles. The number of nitrogens with one attached hydrogen (secondary N) is 1. The van der Waals surface area contributed by atoms with Crippen LogP contribution in [-0.4, -0.2) is 16.8 Å². The van der Waals surface area contributed by atoms with Gasteiger partial charge in [0.25, 0.3) is 0 Å². The Hall–Kier alpha value is -2.69. The Morgan fingerprint density at radius 2 is 1.86 bits per heavy atom. The average Bonchev–Trinajstić information content (AvgIpc) is 3.09. The zero-order chi connectivity index (χ0) is 15.1. The highest BCUT2D eigenvalue weighted by molar-refractivity contribution is 5.80. The lowest BCUT2D eigenvalue weighted by atomic mass is 10.1. The maximum Gasteiger partial charge on any atom is 0.231 e. The van der Waals surface area contributed by atoms with E-state index in [1.54, 1.807) is 0 Å². The first kappa shape index (κ1) is 13.0. The number of ether oxygens (including phenoxy) is 3. The number of fused-ring (bicyclic) bond motifs is 2. The lowest BCUT2D eigenvalue weighted by Gasteiger charge is -2.10. The standard InChI is InChI=1S/C17H16N2O3/c1-10-4-3-5-11(2)17(10)20-8-16-18-12-6-14-15(22-9-21-14)7-13(12)19-16/h3-7H,8-9H2,1-2H3,(H,18,19). The Morgan fingerprint density at radius 3 is 2.64 bits per heavy atom. The van der Waals surface area contributed by atoms with Crippen LogP contribution < -0.4 is 14.2 Å². The van der Waals surface area contributed by atoms with E-state index in [4.69, 9.17) is 14.2 Å². The zero-order valence-electron chi connectivity index (χ0n) is 12.5. The molecule has 112 valence electrons. The van der Waals surface area contributed by atoms with Gasteiger partial charge in [0.15, 0.2) is 11.5 Å². The number of aromatic amines is 1. The number of rotatable bonds is 3. The minimum atomic E-state index is 0.268. The summed E-state index contributed by atoms with van der Waals surface area (Å²) in [5, 5.41) is 0. The minimum absolute atomic E-state index is 0.268. The number of benzene rings is 2. The first-order valence-corrected chi connectivity index (χ1v) is 7.18. The first-order valence-electron chi connectivity index (χ1n) is 7.18. The van der Waals surface area contributed by atoms with Gasteiger partial charge in [-0.2, -0.15) is 0 Å². The summed E-state index contributed by atoms with van der Waals surface area (Å²) in [5.41, 5.74) is 4.02. The molecule has 1 N–H and O–H groups in total. The fourth-order valence-corrected chi connectivity index (χ4v) is 2.69. The lowest BCUT2D eigenvalue weighted by molar-refractivity contribution is 0.174. The van der Waals surface area contributed by atoms with Crippen LogP contribution in [0.2, 0.25) is 0 Å². The molecule has 1 aliphatic rings. The van der Waals surface area contributed by atoms with Gasteiger partial charge in [0, 0.05) is 12.1 Å². The molecule has 4 rings (SSSR count). The largest absolute Gasteiger partial charge is 0.485 e. The zero-order valence-corrected chi connectivity index (χ0v) is 12.5. The van der Waals surface area contributed by atoms with Gasteiger partial charge in [0.2, 0.25) is 6.79 Å². The number of para-hydroxylation sites is 1. The summed E-state index contributed by atoms with van der Waals surface area (Å²) in [6, 6.07) is 9.91. The van der Waals surface area contributed by atoms with E-state index in [0.29, 0.717) is 6.61 Å². The third-order valence-corrected chi connectivity index (χ3v) is 3.79. The molecule has 0 atom stereocenters. The van der Waals surface area contributed by atoms with E-state index in [2.05, 4.69) is 9.97 Å². The van der Waals surface area contributed by atoms with E-state index in [9.17, 15) is 0 Å². The molecule has 22 heavy (non-hydrogen) atoms. The van der Waals surface area contributed by atoms with Gasteiger partial charge in [-0.05, 0) is 25.0 Å². The highest BCUT2D eigenvalue weighted by Gasteiger charge is 2.16. The average molecular weight is 296 g/mol. The molecule has 0 fully saturated rings. The molecule has 3 aromatic rings. The fraction of sp³-hybridized carbons (Fsp3) is 0.235. The van der Waals surface area contributed by atoms with Crippen LogP contribution in [0.15, 0.2) is 30.3 Å². The maximum absolute atomic E-state index is 5.93. The van der Waals surface area contributed by atoms with Gasteiger partial charge < -0.3 is 19.2 Å². The molecule has 0 saturated carbocycles. The van der Waals surface area contributed by atoms with Crippen molar-refractivity contribution in [1.29, 1.82) is 0 Å². The Kier molecular flexibility index (Phi) is 2.92. The predicted octanol–water partition coefficient (Wildman–Crippen LogP) is 3.49. The van der Waals surface area contributed by atoms with Crippen LogP contribution in [0.3, 0.4) is 0 Å². The van der Waals surface area contributed by atoms with Gasteiger partial charge in [0.05, 0.1) is 11.0 Å². The van der Waals surface area contributed by atoms with Gasteiger partial charge >= 0.3 is 0 Å². The van der Waals surface area contributed by atoms with E-state index in [1.165, 1.54) is 0 Å². The molecule has 5 nitrogen and oxygen atoms in total. The van der Waals surface area contributed by atoms with Crippen molar-refractivity contribution in [2.75, 3.05) is 6.79 Å². The first-order chi connectivity index (χ1) is 10.7. The Morgan fingerprint density at radius 1 is 1.14 bits per heavy atom. The molecule has 0 aliphatic carbocycles. The van der Waals surface area contributed by atoms with Crippen molar-refractivity contribution in [3.05, 3.63) is 47.3 Å². The second-order valence-electron chi connectivity index (χ2n) is 5.42. The van der Waals surface area contributed by atoms with Gasteiger partial charge in [0.1, 0.15) is 18.2 Å². The molecule has 2 aromatic carbocycles. The predicted molar refractivity (Wildman–Crippen MR) is 82.5 cm³/mol. The normalized spacial score (nSPS) is 12.8. The number of aromatic nitrogens is 2. The summed E-state index contributed by atoms with van der Waals surface area (Å²) in [7, 11) is 0. The molecule has 0 radical (unpaired) electrons. The monoisotopic (exact) mass is 296 g/mol. The number of hydrogen-bond acceptors (Lipinski definition) is 4. The molecule has 0 saturated heterocycles. The van der Waals surface area contributed by atoms with Gasteiger partial charge in [-0.1, -0.05) is 18.2 Å². The SMILES string of the molecule is Cc1cccc(C)c1OCc1nc2cc3c(cc2[nH]1)OCO3. The van der Waals surface area contributed by atoms with Crippen molar-refractivity contribution in [3.63, 3.8) is 0 Å². The van der Waals surface area contributed by atoms with Gasteiger partial charge in [-0.25, -0.2) is 4.98 Å². The van der Waals surface area contributed by atoms with E-state index >= 15 is 0 Å². The maximum atomic E-state index is 5.93. The Labute approximate surface area is 127 Å². The smallest absolute Gasteiger partial charge is 0.231 e. The molecule has 0 bridgehead atoms. The number of aryl methyl sites for hydroxylation is 2. The number of hydrogen-bond donors (Lipinski definition) is 1. The van der Waals surface area contributed by atoms with Crippen LogP contribution in [0.5, 0.6) is 17.2 Å². The van der Waals surface area contributed by atoms with Crippen LogP contribution in [0.4, 0.5) is 0 Å². The van der Waals surface area contributed by atoms with Crippen LogP contribution in [-0.2, 0) is 6.61 Å². The molecule has 0 spiro atoms. The summed E-state index contributed by atoms with van der Waals surface area (Å²) in [5.74, 6) is 3.18. The molecule has 0 amide bonds. The van der Waals surface area contributed by atoms with Crippen LogP contribution in [0.25, 0.3) is 11.0 Å². The third-order valence-electron chi connectivity index (χ3n) is 3.79. The number of imidazole rings is 1. The minimum Gasteiger partial charge on any atom is -0.485 e. The van der Waals surface area contributed by atoms with Crippen molar-refractivity contribution in [2.24, 2.45) is 0 Å². The summed E-state index contributed by atoms with van der Waals surface area (Å²) in [6.07, 6.45) is 0. The van der Waals surface area contributed by atoms with Gasteiger partial charge in [-0.15, -0.1) is 0 Å². The second-order valence-corrected chi connectivity index (χ2v) is 5.42. The fourth-order valence-electron chi connectivity index (χ4n) is 2.69. The van der Waals surface area contributed by atoms with Crippen LogP contribution in [0.1, 0.15) is 17.0 Å². The topological polar surface area (TPSA) is 56.4 Å². The number of H-pyrrole nitrogens is 1. The number of nitrogens with zero attached hydrogens (tertiary/aromatic N) is 1. The van der Waals surface area contributed by atoms with Crippen molar-refractivity contribution >= 4 is 11.0 Å². The highest BCUT2D eigenvalue weighted by atomic mass is 16.7. The van der Waals surface area contributed by atoms with E-state index in [0.717, 1.165) is 45.2 Å². The molecular weight excluding hydrogens is 280 g/mol. The van der Waals surface area contributed by atoms with Crippen LogP contribution in [0, 0.1) is 13.8 Å². The van der Waals surface area contributed by atoms with Crippen molar-refractivity contribution in [1.82, 2.24) is 9.97 Å². The van der Waals surface area contributed by atoms with E-state index in [-0.39, 0.29) is 6.79 Å². The second kappa shape index (κ2) is 4.94. The van der Waals surface area contributed by atoms with Crippen LogP contribution >= 0.6 is 0 Å². The van der Waals surface area contributed by atoms with Crippen molar-refractivity contribution < 1.29 is 14.2 Å². The van der Waals surface area contributed by atoms with E-state index < -0.39 is 0 Å². The molecule has 1 aromatic heterocycles. The lowest BCUT2D eigenvalue weighted by Crippen LogP contribution is -2.00. The van der Waals surface area contributed by atoms with Crippen molar-refractivity contribution in [2.45, 2.75) is 20.5 Å². The highest BCUT2D eigenvalue weighted by Crippen LogP contribution is 2.35. The third kappa shape index (κ3) is 2.15. The molecule has 2 heterocycles. The molecular formula is C17H16N2O3. The van der Waals surface area contributed by atoms with Crippen molar-refractivity contribution in [3.8, 4) is 17.2 Å². The summed E-state index contributed by atoms with van der Waals surface area (Å²) >= 11 is 0. The Balaban J connectivity index is 1.60. The summed E-state index contributed by atoms with van der Waals surface area (Å²) < 4.78 is 16.7. The Bertz CT molecular complexity index is 793. The summed E-state index contributed by atoms with van der Waals surface area (Å²) in [6.45, 7) is 4.75.